The summed E-state index contributed by atoms with van der Waals surface area (Å²) >= 11 is 0. The van der Waals surface area contributed by atoms with Gasteiger partial charge in [0.05, 0.1) is 13.2 Å². The second-order valence-corrected chi connectivity index (χ2v) is 7.03. The molecule has 20 heavy (non-hydrogen) atoms. The van der Waals surface area contributed by atoms with Gasteiger partial charge in [0, 0.05) is 11.3 Å². The van der Waals surface area contributed by atoms with E-state index < -0.39 is 33.3 Å². The molecule has 1 heterocycles. The lowest BCUT2D eigenvalue weighted by molar-refractivity contribution is -0.162. The summed E-state index contributed by atoms with van der Waals surface area (Å²) in [6, 6.07) is 5.45. The van der Waals surface area contributed by atoms with E-state index in [1.165, 1.54) is 25.1 Å². The van der Waals surface area contributed by atoms with Crippen LogP contribution in [-0.2, 0) is 25.1 Å². The highest BCUT2D eigenvalue weighted by Crippen LogP contribution is 2.36. The number of aliphatic hydroxyl groups excluding tert-OH is 1. The lowest BCUT2D eigenvalue weighted by atomic mass is 10.1. The SMILES string of the molecule is CCS(=O)(=O)C[C@]1(c2cccc(F)c2)OC[C@H](CO)O1. The molecule has 0 aliphatic carbocycles. The molecule has 0 saturated carbocycles. The normalized spacial score (nSPS) is 26.9. The molecule has 0 aromatic heterocycles. The minimum Gasteiger partial charge on any atom is -0.394 e. The summed E-state index contributed by atoms with van der Waals surface area (Å²) in [5.41, 5.74) is 0.297. The Balaban J connectivity index is 2.40. The Hall–Kier alpha value is -1.02. The van der Waals surface area contributed by atoms with Crippen LogP contribution < -0.4 is 0 Å². The quantitative estimate of drug-likeness (QED) is 0.872. The number of halogens is 1. The molecule has 1 fully saturated rings. The van der Waals surface area contributed by atoms with Gasteiger partial charge in [-0.2, -0.15) is 0 Å². The van der Waals surface area contributed by atoms with Crippen molar-refractivity contribution in [3.63, 3.8) is 0 Å². The molecule has 1 N–H and O–H groups in total. The highest BCUT2D eigenvalue weighted by molar-refractivity contribution is 7.91. The molecule has 2 rings (SSSR count). The van der Waals surface area contributed by atoms with Gasteiger partial charge in [0.2, 0.25) is 5.79 Å². The summed E-state index contributed by atoms with van der Waals surface area (Å²) in [5, 5.41) is 9.13. The van der Waals surface area contributed by atoms with Crippen LogP contribution >= 0.6 is 0 Å². The smallest absolute Gasteiger partial charge is 0.209 e. The molecule has 0 bridgehead atoms. The van der Waals surface area contributed by atoms with Gasteiger partial charge in [0.1, 0.15) is 17.7 Å². The topological polar surface area (TPSA) is 72.8 Å². The van der Waals surface area contributed by atoms with E-state index in [9.17, 15) is 12.8 Å². The number of ether oxygens (including phenoxy) is 2. The molecule has 5 nitrogen and oxygen atoms in total. The van der Waals surface area contributed by atoms with E-state index in [-0.39, 0.29) is 19.0 Å². The van der Waals surface area contributed by atoms with E-state index in [2.05, 4.69) is 0 Å². The third-order valence-electron chi connectivity index (χ3n) is 3.18. The molecule has 0 amide bonds. The van der Waals surface area contributed by atoms with Gasteiger partial charge in [-0.15, -0.1) is 0 Å². The highest BCUT2D eigenvalue weighted by Gasteiger charge is 2.46. The van der Waals surface area contributed by atoms with Crippen molar-refractivity contribution in [2.24, 2.45) is 0 Å². The molecular formula is C13H17FO5S. The van der Waals surface area contributed by atoms with E-state index >= 15 is 0 Å². The van der Waals surface area contributed by atoms with Gasteiger partial charge in [-0.3, -0.25) is 0 Å². The van der Waals surface area contributed by atoms with Crippen molar-refractivity contribution in [1.29, 1.82) is 0 Å². The Bertz CT molecular complexity index is 574. The van der Waals surface area contributed by atoms with Crippen LogP contribution in [0.1, 0.15) is 12.5 Å². The maximum absolute atomic E-state index is 13.4. The van der Waals surface area contributed by atoms with Gasteiger partial charge < -0.3 is 14.6 Å². The predicted molar refractivity (Wildman–Crippen MR) is 70.3 cm³/mol. The number of hydrogen-bond acceptors (Lipinski definition) is 5. The monoisotopic (exact) mass is 304 g/mol. The largest absolute Gasteiger partial charge is 0.394 e. The van der Waals surface area contributed by atoms with Crippen LogP contribution in [0.15, 0.2) is 24.3 Å². The summed E-state index contributed by atoms with van der Waals surface area (Å²) in [7, 11) is -3.41. The summed E-state index contributed by atoms with van der Waals surface area (Å²) in [5.74, 6) is -2.53. The van der Waals surface area contributed by atoms with Crippen molar-refractivity contribution < 1.29 is 27.4 Å². The van der Waals surface area contributed by atoms with Crippen LogP contribution in [0, 0.1) is 5.82 Å². The number of rotatable bonds is 5. The van der Waals surface area contributed by atoms with Gasteiger partial charge in [-0.05, 0) is 12.1 Å². The van der Waals surface area contributed by atoms with Crippen molar-refractivity contribution in [2.75, 3.05) is 24.7 Å². The number of hydrogen-bond donors (Lipinski definition) is 1. The fourth-order valence-electron chi connectivity index (χ4n) is 2.08. The molecule has 2 atom stereocenters. The highest BCUT2D eigenvalue weighted by atomic mass is 32.2. The number of sulfone groups is 1. The van der Waals surface area contributed by atoms with Gasteiger partial charge in [-0.25, -0.2) is 12.8 Å². The standard InChI is InChI=1S/C13H17FO5S/c1-2-20(16,17)9-13(18-8-12(7-15)19-13)10-4-3-5-11(14)6-10/h3-6,12,15H,2,7-9H2,1H3/t12-,13-/m0/s1. The van der Waals surface area contributed by atoms with Crippen molar-refractivity contribution in [3.8, 4) is 0 Å². The van der Waals surface area contributed by atoms with Crippen LogP contribution in [-0.4, -0.2) is 44.3 Å². The van der Waals surface area contributed by atoms with Crippen LogP contribution in [0.5, 0.6) is 0 Å². The first-order valence-corrected chi connectivity index (χ1v) is 8.12. The molecule has 1 saturated heterocycles. The third kappa shape index (κ3) is 3.17. The van der Waals surface area contributed by atoms with Crippen LogP contribution in [0.3, 0.4) is 0 Å². The molecule has 0 radical (unpaired) electrons. The minimum atomic E-state index is -3.41. The molecule has 1 aliphatic rings. The van der Waals surface area contributed by atoms with Crippen molar-refractivity contribution >= 4 is 9.84 Å². The Kier molecular flexibility index (Phi) is 4.43. The lowest BCUT2D eigenvalue weighted by Gasteiger charge is -2.28. The fourth-order valence-corrected chi connectivity index (χ4v) is 3.18. The summed E-state index contributed by atoms with van der Waals surface area (Å²) in [6.45, 7) is 1.29. The lowest BCUT2D eigenvalue weighted by Crippen LogP contribution is -2.37. The first-order valence-electron chi connectivity index (χ1n) is 6.30. The van der Waals surface area contributed by atoms with Gasteiger partial charge in [0.25, 0.3) is 0 Å². The molecule has 0 spiro atoms. The van der Waals surface area contributed by atoms with Crippen molar-refractivity contribution in [2.45, 2.75) is 18.8 Å². The third-order valence-corrected chi connectivity index (χ3v) is 4.88. The maximum Gasteiger partial charge on any atom is 0.209 e. The molecule has 1 aromatic rings. The second-order valence-electron chi connectivity index (χ2n) is 4.67. The van der Waals surface area contributed by atoms with E-state index in [4.69, 9.17) is 14.6 Å². The minimum absolute atomic E-state index is 0.0618. The fraction of sp³-hybridized carbons (Fsp3) is 0.538. The van der Waals surface area contributed by atoms with Crippen LogP contribution in [0.4, 0.5) is 4.39 Å². The van der Waals surface area contributed by atoms with Crippen LogP contribution in [0.25, 0.3) is 0 Å². The van der Waals surface area contributed by atoms with Gasteiger partial charge >= 0.3 is 0 Å². The first kappa shape index (κ1) is 15.4. The Morgan fingerprint density at radius 3 is 2.80 bits per heavy atom. The van der Waals surface area contributed by atoms with Crippen molar-refractivity contribution in [3.05, 3.63) is 35.6 Å². The van der Waals surface area contributed by atoms with E-state index in [0.29, 0.717) is 5.56 Å². The number of aliphatic hydroxyl groups is 1. The zero-order chi connectivity index (χ0) is 14.8. The molecule has 7 heteroatoms. The predicted octanol–water partition coefficient (Wildman–Crippen LogP) is 0.821. The summed E-state index contributed by atoms with van der Waals surface area (Å²) in [4.78, 5) is 0. The summed E-state index contributed by atoms with van der Waals surface area (Å²) in [6.07, 6.45) is -0.620. The zero-order valence-electron chi connectivity index (χ0n) is 11.1. The molecule has 0 unspecified atom stereocenters. The van der Waals surface area contributed by atoms with Gasteiger partial charge in [-0.1, -0.05) is 19.1 Å². The maximum atomic E-state index is 13.4. The molecular weight excluding hydrogens is 287 g/mol. The summed E-state index contributed by atoms with van der Waals surface area (Å²) < 4.78 is 48.2. The van der Waals surface area contributed by atoms with E-state index in [1.807, 2.05) is 0 Å². The molecule has 1 aliphatic heterocycles. The Morgan fingerprint density at radius 1 is 1.50 bits per heavy atom. The molecule has 1 aromatic carbocycles. The molecule has 112 valence electrons. The van der Waals surface area contributed by atoms with E-state index in [0.717, 1.165) is 0 Å². The average molecular weight is 304 g/mol. The Morgan fingerprint density at radius 2 is 2.25 bits per heavy atom. The van der Waals surface area contributed by atoms with Crippen molar-refractivity contribution in [1.82, 2.24) is 0 Å². The number of benzene rings is 1. The average Bonchev–Trinajstić information content (AvgIpc) is 2.83. The van der Waals surface area contributed by atoms with Crippen LogP contribution in [0.2, 0.25) is 0 Å². The Labute approximate surface area is 117 Å². The zero-order valence-corrected chi connectivity index (χ0v) is 11.9. The second kappa shape index (κ2) is 5.77. The van der Waals surface area contributed by atoms with Gasteiger partial charge in [0.15, 0.2) is 9.84 Å². The first-order chi connectivity index (χ1) is 9.41. The van der Waals surface area contributed by atoms with E-state index in [1.54, 1.807) is 6.07 Å².